The predicted molar refractivity (Wildman–Crippen MR) is 102 cm³/mol. The summed E-state index contributed by atoms with van der Waals surface area (Å²) in [6.45, 7) is 2.93. The van der Waals surface area contributed by atoms with Crippen LogP contribution in [0.4, 0.5) is 0 Å². The molecule has 4 N–H and O–H groups in total. The fourth-order valence-corrected chi connectivity index (χ4v) is 2.73. The van der Waals surface area contributed by atoms with Crippen LogP contribution in [0.15, 0.2) is 21.7 Å². The molecule has 26 heavy (non-hydrogen) atoms. The number of nitrogens with zero attached hydrogens (tertiary/aromatic N) is 2. The SMILES string of the molecule is C[N+](C)(C)CCO.Cc1cc(Cl)c2c(O)c3c(=O)[nH][nH]c(=O)c3nc2c1. The number of hydrogen-bond acceptors (Lipinski definition) is 5. The van der Waals surface area contributed by atoms with Crippen LogP contribution in [0.25, 0.3) is 21.8 Å². The first-order chi connectivity index (χ1) is 12.0. The number of pyridine rings is 1. The number of nitrogens with one attached hydrogen (secondary N) is 2. The van der Waals surface area contributed by atoms with Crippen molar-refractivity contribution in [3.8, 4) is 5.75 Å². The van der Waals surface area contributed by atoms with E-state index in [2.05, 4.69) is 36.3 Å². The van der Waals surface area contributed by atoms with Crippen LogP contribution in [-0.2, 0) is 0 Å². The van der Waals surface area contributed by atoms with Crippen molar-refractivity contribution < 1.29 is 14.7 Å². The summed E-state index contributed by atoms with van der Waals surface area (Å²) < 4.78 is 0.844. The van der Waals surface area contributed by atoms with Crippen molar-refractivity contribution in [3.63, 3.8) is 0 Å². The third-order valence-corrected chi connectivity index (χ3v) is 3.96. The molecule has 8 nitrogen and oxygen atoms in total. The molecule has 3 aromatic rings. The second-order valence-electron chi connectivity index (χ2n) is 6.97. The average molecular weight is 382 g/mol. The maximum atomic E-state index is 11.7. The number of aliphatic hydroxyl groups excluding tert-OH is 1. The number of H-pyrrole nitrogens is 2. The molecule has 0 aliphatic rings. The summed E-state index contributed by atoms with van der Waals surface area (Å²) in [5.74, 6) is -0.336. The monoisotopic (exact) mass is 381 g/mol. The highest BCUT2D eigenvalue weighted by atomic mass is 35.5. The third-order valence-electron chi connectivity index (χ3n) is 3.66. The van der Waals surface area contributed by atoms with Crippen molar-refractivity contribution in [2.24, 2.45) is 0 Å². The minimum absolute atomic E-state index is 0.115. The van der Waals surface area contributed by atoms with Gasteiger partial charge in [-0.1, -0.05) is 11.6 Å². The number of benzene rings is 1. The minimum Gasteiger partial charge on any atom is -0.506 e. The molecule has 0 unspecified atom stereocenters. The fourth-order valence-electron chi connectivity index (χ4n) is 2.37. The van der Waals surface area contributed by atoms with Gasteiger partial charge < -0.3 is 14.7 Å². The van der Waals surface area contributed by atoms with E-state index in [1.54, 1.807) is 12.1 Å². The minimum atomic E-state index is -0.627. The molecule has 9 heteroatoms. The first kappa shape index (κ1) is 19.9. The standard InChI is InChI=1S/C12H8ClN3O3.C5H14NO/c1-4-2-5(13)7-6(3-4)14-9-8(10(7)17)11(18)15-16-12(9)19;1-6(2,3)4-5-7/h2-3H,1H3,(H,14,17)(H,15,18)(H,16,19);7H,4-5H2,1-3H3/q;+1. The summed E-state index contributed by atoms with van der Waals surface area (Å²) in [5, 5.41) is 23.3. The maximum Gasteiger partial charge on any atom is 0.289 e. The van der Waals surface area contributed by atoms with Gasteiger partial charge in [-0.2, -0.15) is 0 Å². The molecule has 0 amide bonds. The van der Waals surface area contributed by atoms with E-state index in [1.807, 2.05) is 6.92 Å². The number of aromatic nitrogens is 3. The lowest BCUT2D eigenvalue weighted by atomic mass is 10.1. The molecule has 0 bridgehead atoms. The van der Waals surface area contributed by atoms with Crippen LogP contribution in [-0.4, -0.2) is 64.2 Å². The molecule has 1 aromatic carbocycles. The lowest BCUT2D eigenvalue weighted by molar-refractivity contribution is -0.870. The maximum absolute atomic E-state index is 11.7. The zero-order valence-electron chi connectivity index (χ0n) is 15.1. The van der Waals surface area contributed by atoms with Gasteiger partial charge in [0.2, 0.25) is 0 Å². The predicted octanol–water partition coefficient (Wildman–Crippen LogP) is 1.12. The van der Waals surface area contributed by atoms with E-state index < -0.39 is 11.1 Å². The van der Waals surface area contributed by atoms with Gasteiger partial charge in [0.25, 0.3) is 11.1 Å². The number of rotatable bonds is 2. The molecule has 3 rings (SSSR count). The molecule has 0 atom stereocenters. The summed E-state index contributed by atoms with van der Waals surface area (Å²) >= 11 is 6.06. The van der Waals surface area contributed by atoms with Gasteiger partial charge >= 0.3 is 0 Å². The molecular weight excluding hydrogens is 360 g/mol. The lowest BCUT2D eigenvalue weighted by Crippen LogP contribution is -2.36. The van der Waals surface area contributed by atoms with Crippen LogP contribution >= 0.6 is 11.6 Å². The second kappa shape index (κ2) is 7.45. The number of aromatic hydroxyl groups is 1. The molecule has 2 aromatic heterocycles. The van der Waals surface area contributed by atoms with Crippen LogP contribution in [0.5, 0.6) is 5.75 Å². The summed E-state index contributed by atoms with van der Waals surface area (Å²) in [5.41, 5.74) is -0.117. The topological polar surface area (TPSA) is 119 Å². The van der Waals surface area contributed by atoms with Crippen molar-refractivity contribution in [3.05, 3.63) is 43.4 Å². The highest BCUT2D eigenvalue weighted by Gasteiger charge is 2.16. The molecule has 0 radical (unpaired) electrons. The zero-order valence-corrected chi connectivity index (χ0v) is 15.8. The smallest absolute Gasteiger partial charge is 0.289 e. The number of likely N-dealkylation sites (N-methyl/N-ethyl adjacent to an activating group) is 1. The fraction of sp³-hybridized carbons (Fsp3) is 0.353. The Balaban J connectivity index is 0.000000298. The van der Waals surface area contributed by atoms with Crippen LogP contribution in [0.3, 0.4) is 0 Å². The Labute approximate surface area is 154 Å². The van der Waals surface area contributed by atoms with Gasteiger partial charge in [-0.25, -0.2) is 4.98 Å². The Morgan fingerprint density at radius 3 is 2.27 bits per heavy atom. The van der Waals surface area contributed by atoms with E-state index in [9.17, 15) is 14.7 Å². The van der Waals surface area contributed by atoms with Crippen LogP contribution in [0, 0.1) is 6.92 Å². The van der Waals surface area contributed by atoms with E-state index in [1.165, 1.54) is 0 Å². The molecule has 0 saturated heterocycles. The Kier molecular flexibility index (Phi) is 5.70. The third kappa shape index (κ3) is 4.21. The molecule has 0 spiro atoms. The van der Waals surface area contributed by atoms with Crippen molar-refractivity contribution in [1.29, 1.82) is 0 Å². The van der Waals surface area contributed by atoms with Gasteiger partial charge in [0, 0.05) is 0 Å². The summed E-state index contributed by atoms with van der Waals surface area (Å²) in [7, 11) is 6.16. The first-order valence-electron chi connectivity index (χ1n) is 7.90. The number of aryl methyl sites for hydroxylation is 1. The Morgan fingerprint density at radius 2 is 1.73 bits per heavy atom. The van der Waals surface area contributed by atoms with E-state index in [0.717, 1.165) is 16.6 Å². The van der Waals surface area contributed by atoms with Gasteiger partial charge in [-0.3, -0.25) is 19.8 Å². The quantitative estimate of drug-likeness (QED) is 0.391. The second-order valence-corrected chi connectivity index (χ2v) is 7.38. The summed E-state index contributed by atoms with van der Waals surface area (Å²) in [6, 6.07) is 3.33. The average Bonchev–Trinajstić information content (AvgIpc) is 2.49. The van der Waals surface area contributed by atoms with Gasteiger partial charge in [-0.15, -0.1) is 0 Å². The number of aliphatic hydroxyl groups is 1. The summed E-state index contributed by atoms with van der Waals surface area (Å²) in [6.07, 6.45) is 0. The number of aromatic amines is 2. The molecule has 0 aliphatic carbocycles. The van der Waals surface area contributed by atoms with Gasteiger partial charge in [0.1, 0.15) is 23.2 Å². The molecule has 0 aliphatic heterocycles. The summed E-state index contributed by atoms with van der Waals surface area (Å²) in [4.78, 5) is 27.5. The van der Waals surface area contributed by atoms with Crippen LogP contribution < -0.4 is 11.1 Å². The number of hydrogen-bond donors (Lipinski definition) is 4. The van der Waals surface area contributed by atoms with Crippen molar-refractivity contribution in [2.45, 2.75) is 6.92 Å². The zero-order chi connectivity index (χ0) is 19.6. The largest absolute Gasteiger partial charge is 0.506 e. The van der Waals surface area contributed by atoms with Crippen molar-refractivity contribution in [2.75, 3.05) is 34.3 Å². The van der Waals surface area contributed by atoms with E-state index in [0.29, 0.717) is 5.52 Å². The molecule has 0 saturated carbocycles. The Hall–Kier alpha value is -2.42. The van der Waals surface area contributed by atoms with Gasteiger partial charge in [0.15, 0.2) is 0 Å². The van der Waals surface area contributed by atoms with E-state index in [-0.39, 0.29) is 33.7 Å². The van der Waals surface area contributed by atoms with E-state index >= 15 is 0 Å². The van der Waals surface area contributed by atoms with Crippen LogP contribution in [0.1, 0.15) is 5.56 Å². The highest BCUT2D eigenvalue weighted by Crippen LogP contribution is 2.34. The van der Waals surface area contributed by atoms with Crippen LogP contribution in [0.2, 0.25) is 5.02 Å². The van der Waals surface area contributed by atoms with Gasteiger partial charge in [-0.05, 0) is 24.6 Å². The molecule has 140 valence electrons. The van der Waals surface area contributed by atoms with Crippen molar-refractivity contribution >= 4 is 33.4 Å². The normalized spacial score (nSPS) is 11.5. The molecule has 2 heterocycles. The number of quaternary nitrogens is 1. The number of halogens is 1. The molecule has 0 fully saturated rings. The molecular formula is C17H22ClN4O4+. The Morgan fingerprint density at radius 1 is 1.12 bits per heavy atom. The van der Waals surface area contributed by atoms with Crippen molar-refractivity contribution in [1.82, 2.24) is 15.2 Å². The highest BCUT2D eigenvalue weighted by molar-refractivity contribution is 6.36. The van der Waals surface area contributed by atoms with E-state index in [4.69, 9.17) is 16.7 Å². The lowest BCUT2D eigenvalue weighted by Gasteiger charge is -2.21. The number of fused-ring (bicyclic) bond motifs is 2. The Bertz CT molecular complexity index is 1070. The first-order valence-corrected chi connectivity index (χ1v) is 8.27. The van der Waals surface area contributed by atoms with Gasteiger partial charge in [0.05, 0.1) is 43.7 Å².